The standard InChI is InChI=1S/C15H26N4O2/c1-15(2,3)12-8-13(18(4)17-12)16-14(21)10-19-7-5-6-11(20)9-19/h8,11,20H,5-7,9-10H2,1-4H3,(H,16,21). The number of nitrogens with one attached hydrogen (secondary N) is 1. The van der Waals surface area contributed by atoms with Crippen molar-refractivity contribution in [2.75, 3.05) is 25.0 Å². The first-order chi connectivity index (χ1) is 9.75. The first-order valence-electron chi connectivity index (χ1n) is 7.50. The van der Waals surface area contributed by atoms with Crippen molar-refractivity contribution in [3.8, 4) is 0 Å². The topological polar surface area (TPSA) is 70.4 Å². The molecule has 2 N–H and O–H groups in total. The van der Waals surface area contributed by atoms with Crippen LogP contribution in [0.1, 0.15) is 39.3 Å². The van der Waals surface area contributed by atoms with E-state index in [4.69, 9.17) is 0 Å². The van der Waals surface area contributed by atoms with Gasteiger partial charge in [0.1, 0.15) is 5.82 Å². The lowest BCUT2D eigenvalue weighted by Crippen LogP contribution is -2.42. The maximum atomic E-state index is 12.1. The molecule has 2 rings (SSSR count). The van der Waals surface area contributed by atoms with Crippen LogP contribution >= 0.6 is 0 Å². The fourth-order valence-corrected chi connectivity index (χ4v) is 2.51. The number of aliphatic hydroxyl groups excluding tert-OH is 1. The van der Waals surface area contributed by atoms with Crippen LogP contribution in [-0.2, 0) is 17.3 Å². The Morgan fingerprint density at radius 3 is 2.81 bits per heavy atom. The van der Waals surface area contributed by atoms with Crippen molar-refractivity contribution in [1.29, 1.82) is 0 Å². The van der Waals surface area contributed by atoms with E-state index in [2.05, 4.69) is 31.2 Å². The molecule has 1 aliphatic rings. The molecule has 2 heterocycles. The number of β-amino-alcohol motifs (C(OH)–C–C–N with tert-alkyl or cyclic N) is 1. The SMILES string of the molecule is Cn1nc(C(C)(C)C)cc1NC(=O)CN1CCCC(O)C1. The predicted molar refractivity (Wildman–Crippen MR) is 82.2 cm³/mol. The molecule has 1 fully saturated rings. The highest BCUT2D eigenvalue weighted by molar-refractivity contribution is 5.91. The largest absolute Gasteiger partial charge is 0.392 e. The Hall–Kier alpha value is -1.40. The predicted octanol–water partition coefficient (Wildman–Crippen LogP) is 1.11. The molecular weight excluding hydrogens is 268 g/mol. The highest BCUT2D eigenvalue weighted by atomic mass is 16.3. The number of anilines is 1. The summed E-state index contributed by atoms with van der Waals surface area (Å²) in [6.45, 7) is 8.03. The minimum absolute atomic E-state index is 0.0439. The molecule has 0 aromatic carbocycles. The van der Waals surface area contributed by atoms with Gasteiger partial charge in [0.15, 0.2) is 0 Å². The van der Waals surface area contributed by atoms with Crippen LogP contribution in [0.2, 0.25) is 0 Å². The third-order valence-corrected chi connectivity index (χ3v) is 3.76. The van der Waals surface area contributed by atoms with E-state index in [0.717, 1.165) is 25.1 Å². The molecule has 0 saturated carbocycles. The zero-order valence-electron chi connectivity index (χ0n) is 13.4. The quantitative estimate of drug-likeness (QED) is 0.876. The van der Waals surface area contributed by atoms with E-state index < -0.39 is 0 Å². The van der Waals surface area contributed by atoms with Crippen molar-refractivity contribution in [2.45, 2.75) is 45.1 Å². The second-order valence-corrected chi connectivity index (χ2v) is 6.87. The molecule has 1 aromatic rings. The summed E-state index contributed by atoms with van der Waals surface area (Å²) in [4.78, 5) is 14.1. The van der Waals surface area contributed by atoms with Crippen LogP contribution in [0.3, 0.4) is 0 Å². The Bertz CT molecular complexity index is 504. The first-order valence-corrected chi connectivity index (χ1v) is 7.50. The number of nitrogens with zero attached hydrogens (tertiary/aromatic N) is 3. The third-order valence-electron chi connectivity index (χ3n) is 3.76. The number of aromatic nitrogens is 2. The number of carbonyl (C=O) groups is 1. The Morgan fingerprint density at radius 1 is 1.52 bits per heavy atom. The van der Waals surface area contributed by atoms with Gasteiger partial charge in [-0.2, -0.15) is 5.10 Å². The fraction of sp³-hybridized carbons (Fsp3) is 0.733. The van der Waals surface area contributed by atoms with Crippen LogP contribution in [0.5, 0.6) is 0 Å². The average molecular weight is 294 g/mol. The lowest BCUT2D eigenvalue weighted by molar-refractivity contribution is -0.118. The zero-order valence-corrected chi connectivity index (χ0v) is 13.4. The van der Waals surface area contributed by atoms with E-state index in [1.54, 1.807) is 4.68 Å². The van der Waals surface area contributed by atoms with Gasteiger partial charge in [0.25, 0.3) is 0 Å². The van der Waals surface area contributed by atoms with Gasteiger partial charge in [-0.3, -0.25) is 14.4 Å². The molecule has 1 saturated heterocycles. The maximum absolute atomic E-state index is 12.1. The number of aryl methyl sites for hydroxylation is 1. The van der Waals surface area contributed by atoms with Crippen LogP contribution in [0, 0.1) is 0 Å². The number of aliphatic hydroxyl groups is 1. The van der Waals surface area contributed by atoms with Gasteiger partial charge in [-0.15, -0.1) is 0 Å². The number of hydrogen-bond acceptors (Lipinski definition) is 4. The van der Waals surface area contributed by atoms with Crippen LogP contribution in [0.4, 0.5) is 5.82 Å². The van der Waals surface area contributed by atoms with Crippen molar-refractivity contribution >= 4 is 11.7 Å². The Labute approximate surface area is 126 Å². The maximum Gasteiger partial charge on any atom is 0.239 e. The minimum Gasteiger partial charge on any atom is -0.392 e. The van der Waals surface area contributed by atoms with Crippen LogP contribution < -0.4 is 5.32 Å². The van der Waals surface area contributed by atoms with Crippen LogP contribution in [0.15, 0.2) is 6.07 Å². The van der Waals surface area contributed by atoms with E-state index in [-0.39, 0.29) is 17.4 Å². The van der Waals surface area contributed by atoms with Gasteiger partial charge in [-0.1, -0.05) is 20.8 Å². The molecule has 6 heteroatoms. The molecule has 0 bridgehead atoms. The number of likely N-dealkylation sites (tertiary alicyclic amines) is 1. The highest BCUT2D eigenvalue weighted by Gasteiger charge is 2.22. The minimum atomic E-state index is -0.309. The summed E-state index contributed by atoms with van der Waals surface area (Å²) in [5.74, 6) is 0.648. The smallest absolute Gasteiger partial charge is 0.239 e. The van der Waals surface area contributed by atoms with E-state index in [1.807, 2.05) is 18.0 Å². The molecule has 1 atom stereocenters. The molecule has 0 radical (unpaired) electrons. The molecule has 1 aliphatic heterocycles. The zero-order chi connectivity index (χ0) is 15.6. The van der Waals surface area contributed by atoms with Crippen LogP contribution in [-0.4, -0.2) is 51.4 Å². The molecule has 6 nitrogen and oxygen atoms in total. The summed E-state index contributed by atoms with van der Waals surface area (Å²) in [7, 11) is 1.83. The van der Waals surface area contributed by atoms with Crippen molar-refractivity contribution in [1.82, 2.24) is 14.7 Å². The monoisotopic (exact) mass is 294 g/mol. The Kier molecular flexibility index (Phi) is 4.68. The molecule has 1 unspecified atom stereocenters. The van der Waals surface area contributed by atoms with Gasteiger partial charge in [0, 0.05) is 25.1 Å². The molecule has 0 aliphatic carbocycles. The number of amides is 1. The number of carbonyl (C=O) groups excluding carboxylic acids is 1. The Morgan fingerprint density at radius 2 is 2.24 bits per heavy atom. The summed E-state index contributed by atoms with van der Waals surface area (Å²) in [6.07, 6.45) is 1.46. The van der Waals surface area contributed by atoms with Gasteiger partial charge >= 0.3 is 0 Å². The summed E-state index contributed by atoms with van der Waals surface area (Å²) in [5, 5.41) is 17.0. The van der Waals surface area contributed by atoms with Gasteiger partial charge < -0.3 is 10.4 Å². The summed E-state index contributed by atoms with van der Waals surface area (Å²) < 4.78 is 1.70. The highest BCUT2D eigenvalue weighted by Crippen LogP contribution is 2.23. The van der Waals surface area contributed by atoms with Gasteiger partial charge in [0.05, 0.1) is 18.3 Å². The third kappa shape index (κ3) is 4.28. The number of rotatable bonds is 3. The summed E-state index contributed by atoms with van der Waals surface area (Å²) in [5.41, 5.74) is 0.909. The fourth-order valence-electron chi connectivity index (χ4n) is 2.51. The summed E-state index contributed by atoms with van der Waals surface area (Å²) in [6, 6.07) is 1.92. The summed E-state index contributed by atoms with van der Waals surface area (Å²) >= 11 is 0. The normalized spacial score (nSPS) is 20.5. The van der Waals surface area contributed by atoms with Crippen molar-refractivity contribution in [3.63, 3.8) is 0 Å². The molecule has 118 valence electrons. The van der Waals surface area contributed by atoms with E-state index in [0.29, 0.717) is 18.9 Å². The van der Waals surface area contributed by atoms with Crippen molar-refractivity contribution in [2.24, 2.45) is 7.05 Å². The van der Waals surface area contributed by atoms with Crippen molar-refractivity contribution in [3.05, 3.63) is 11.8 Å². The van der Waals surface area contributed by atoms with Gasteiger partial charge in [-0.05, 0) is 19.4 Å². The van der Waals surface area contributed by atoms with E-state index in [1.165, 1.54) is 0 Å². The second-order valence-electron chi connectivity index (χ2n) is 6.87. The van der Waals surface area contributed by atoms with Gasteiger partial charge in [-0.25, -0.2) is 0 Å². The molecule has 21 heavy (non-hydrogen) atoms. The van der Waals surface area contributed by atoms with Crippen LogP contribution in [0.25, 0.3) is 0 Å². The Balaban J connectivity index is 1.95. The molecule has 1 amide bonds. The first kappa shape index (κ1) is 16.0. The average Bonchev–Trinajstić information content (AvgIpc) is 2.70. The number of hydrogen-bond donors (Lipinski definition) is 2. The van der Waals surface area contributed by atoms with E-state index >= 15 is 0 Å². The van der Waals surface area contributed by atoms with E-state index in [9.17, 15) is 9.90 Å². The second kappa shape index (κ2) is 6.15. The lowest BCUT2D eigenvalue weighted by atomic mass is 9.92. The van der Waals surface area contributed by atoms with Gasteiger partial charge in [0.2, 0.25) is 5.91 Å². The van der Waals surface area contributed by atoms with Crippen molar-refractivity contribution < 1.29 is 9.90 Å². The molecular formula is C15H26N4O2. The molecule has 0 spiro atoms. The molecule has 1 aromatic heterocycles. The lowest BCUT2D eigenvalue weighted by Gasteiger charge is -2.29. The number of piperidine rings is 1.